The molecule has 0 bridgehead atoms. The molecule has 2 fully saturated rings. The van der Waals surface area contributed by atoms with Gasteiger partial charge in [0.2, 0.25) is 5.91 Å². The Bertz CT molecular complexity index is 1280. The second kappa shape index (κ2) is 8.08. The lowest BCUT2D eigenvalue weighted by Crippen LogP contribution is -2.69. The van der Waals surface area contributed by atoms with Crippen molar-refractivity contribution in [3.63, 3.8) is 0 Å². The predicted octanol–water partition coefficient (Wildman–Crippen LogP) is 1.72. The average Bonchev–Trinajstić information content (AvgIpc) is 3.20. The summed E-state index contributed by atoms with van der Waals surface area (Å²) < 4.78 is 0. The van der Waals surface area contributed by atoms with Gasteiger partial charge in [-0.25, -0.2) is 0 Å². The molecule has 1 amide bonds. The van der Waals surface area contributed by atoms with Crippen LogP contribution >= 0.6 is 11.3 Å². The van der Waals surface area contributed by atoms with E-state index in [0.717, 1.165) is 15.3 Å². The SMILES string of the molecule is Cc1ccc(-c2ccc(O)c3c2CC2CC4C(N(C)C)C(=O)C(C(N)=O)CC4(O)C(=O)C2C3=O)s1. The molecule has 0 aliphatic heterocycles. The Morgan fingerprint density at radius 2 is 1.89 bits per heavy atom. The van der Waals surface area contributed by atoms with Crippen molar-refractivity contribution in [1.82, 2.24) is 4.90 Å². The number of phenolic OH excluding ortho intramolecular Hbond substituents is 1. The van der Waals surface area contributed by atoms with E-state index in [1.165, 1.54) is 6.07 Å². The smallest absolute Gasteiger partial charge is 0.228 e. The molecule has 2 aromatic rings. The number of carbonyl (C=O) groups is 4. The van der Waals surface area contributed by atoms with Gasteiger partial charge in [-0.2, -0.15) is 0 Å². The van der Waals surface area contributed by atoms with Crippen LogP contribution < -0.4 is 5.73 Å². The van der Waals surface area contributed by atoms with Gasteiger partial charge >= 0.3 is 0 Å². The third-order valence-electron chi connectivity index (χ3n) is 8.07. The van der Waals surface area contributed by atoms with Crippen LogP contribution in [0.15, 0.2) is 24.3 Å². The highest BCUT2D eigenvalue weighted by molar-refractivity contribution is 7.15. The number of carbonyl (C=O) groups excluding carboxylic acids is 4. The molecule has 1 heterocycles. The van der Waals surface area contributed by atoms with Crippen molar-refractivity contribution >= 4 is 34.6 Å². The van der Waals surface area contributed by atoms with Crippen LogP contribution in [0.4, 0.5) is 0 Å². The van der Waals surface area contributed by atoms with Crippen LogP contribution in [-0.4, -0.2) is 64.1 Å². The van der Waals surface area contributed by atoms with Crippen LogP contribution in [0.1, 0.15) is 33.6 Å². The zero-order valence-corrected chi connectivity index (χ0v) is 20.6. The summed E-state index contributed by atoms with van der Waals surface area (Å²) in [6.45, 7) is 1.99. The lowest BCUT2D eigenvalue weighted by Gasteiger charge is -2.53. The quantitative estimate of drug-likeness (QED) is 0.550. The van der Waals surface area contributed by atoms with Crippen LogP contribution in [0.3, 0.4) is 0 Å². The minimum absolute atomic E-state index is 0.118. The van der Waals surface area contributed by atoms with Crippen molar-refractivity contribution in [3.8, 4) is 16.2 Å². The Morgan fingerprint density at radius 1 is 1.17 bits per heavy atom. The zero-order valence-electron chi connectivity index (χ0n) is 19.8. The monoisotopic (exact) mass is 496 g/mol. The van der Waals surface area contributed by atoms with Gasteiger partial charge in [-0.1, -0.05) is 0 Å². The number of Topliss-reactive ketones (excluding diaryl/α,β-unsaturated/α-hetero) is 3. The number of rotatable bonds is 3. The number of thiophene rings is 1. The van der Waals surface area contributed by atoms with Crippen molar-refractivity contribution in [2.45, 2.75) is 37.8 Å². The number of nitrogens with zero attached hydrogens (tertiary/aromatic N) is 1. The van der Waals surface area contributed by atoms with E-state index >= 15 is 0 Å². The highest BCUT2D eigenvalue weighted by Crippen LogP contribution is 2.52. The Labute approximate surface area is 206 Å². The number of hydrogen-bond donors (Lipinski definition) is 3. The molecule has 2 saturated carbocycles. The zero-order chi connectivity index (χ0) is 25.4. The molecule has 6 atom stereocenters. The molecule has 5 rings (SSSR count). The lowest BCUT2D eigenvalue weighted by atomic mass is 9.52. The van der Waals surface area contributed by atoms with E-state index in [-0.39, 0.29) is 17.7 Å². The Morgan fingerprint density at radius 3 is 2.49 bits per heavy atom. The summed E-state index contributed by atoms with van der Waals surface area (Å²) in [5.41, 5.74) is 5.08. The molecule has 0 radical (unpaired) electrons. The van der Waals surface area contributed by atoms with Crippen LogP contribution in [-0.2, 0) is 20.8 Å². The molecular weight excluding hydrogens is 468 g/mol. The van der Waals surface area contributed by atoms with Crippen LogP contribution in [0, 0.1) is 30.6 Å². The van der Waals surface area contributed by atoms with E-state index in [4.69, 9.17) is 5.73 Å². The molecule has 184 valence electrons. The van der Waals surface area contributed by atoms with Gasteiger partial charge in [0.15, 0.2) is 17.3 Å². The largest absolute Gasteiger partial charge is 0.507 e. The van der Waals surface area contributed by atoms with Crippen molar-refractivity contribution in [2.75, 3.05) is 14.1 Å². The van der Waals surface area contributed by atoms with Crippen molar-refractivity contribution in [1.29, 1.82) is 0 Å². The number of aromatic hydroxyl groups is 1. The van der Waals surface area contributed by atoms with E-state index in [0.29, 0.717) is 12.0 Å². The predicted molar refractivity (Wildman–Crippen MR) is 129 cm³/mol. The number of likely N-dealkylation sites (N-methyl/N-ethyl adjacent to an activating group) is 1. The fourth-order valence-corrected chi connectivity index (χ4v) is 7.44. The van der Waals surface area contributed by atoms with Crippen LogP contribution in [0.25, 0.3) is 10.4 Å². The third kappa shape index (κ3) is 3.40. The van der Waals surface area contributed by atoms with E-state index in [1.54, 1.807) is 36.4 Å². The molecule has 0 spiro atoms. The third-order valence-corrected chi connectivity index (χ3v) is 9.11. The summed E-state index contributed by atoms with van der Waals surface area (Å²) in [7, 11) is 3.33. The molecule has 9 heteroatoms. The van der Waals surface area contributed by atoms with Gasteiger partial charge in [-0.3, -0.25) is 24.1 Å². The van der Waals surface area contributed by atoms with E-state index in [2.05, 4.69) is 0 Å². The number of amides is 1. The summed E-state index contributed by atoms with van der Waals surface area (Å²) in [5, 5.41) is 22.3. The van der Waals surface area contributed by atoms with Gasteiger partial charge in [0.1, 0.15) is 17.3 Å². The van der Waals surface area contributed by atoms with E-state index in [9.17, 15) is 29.4 Å². The summed E-state index contributed by atoms with van der Waals surface area (Å²) in [6, 6.07) is 6.34. The highest BCUT2D eigenvalue weighted by atomic mass is 32.1. The molecule has 1 aromatic heterocycles. The van der Waals surface area contributed by atoms with Gasteiger partial charge in [-0.15, -0.1) is 11.3 Å². The molecule has 1 aromatic carbocycles. The van der Waals surface area contributed by atoms with Gasteiger partial charge in [0.25, 0.3) is 0 Å². The molecule has 0 saturated heterocycles. The van der Waals surface area contributed by atoms with Gasteiger partial charge in [0, 0.05) is 22.1 Å². The first-order valence-corrected chi connectivity index (χ1v) is 12.5. The second-order valence-electron chi connectivity index (χ2n) is 10.3. The summed E-state index contributed by atoms with van der Waals surface area (Å²) in [4.78, 5) is 56.4. The number of phenols is 1. The first-order valence-electron chi connectivity index (χ1n) is 11.7. The minimum atomic E-state index is -2.03. The fourth-order valence-electron chi connectivity index (χ4n) is 6.52. The second-order valence-corrected chi connectivity index (χ2v) is 11.6. The first-order chi connectivity index (χ1) is 16.5. The summed E-state index contributed by atoms with van der Waals surface area (Å²) >= 11 is 1.58. The highest BCUT2D eigenvalue weighted by Gasteiger charge is 2.64. The van der Waals surface area contributed by atoms with Crippen molar-refractivity contribution < 1.29 is 29.4 Å². The molecule has 8 nitrogen and oxygen atoms in total. The van der Waals surface area contributed by atoms with Crippen LogP contribution in [0.5, 0.6) is 5.75 Å². The molecule has 3 aliphatic carbocycles. The van der Waals surface area contributed by atoms with Crippen molar-refractivity contribution in [2.24, 2.45) is 29.4 Å². The number of hydrogen-bond acceptors (Lipinski definition) is 8. The first kappa shape index (κ1) is 23.8. The maximum atomic E-state index is 13.8. The van der Waals surface area contributed by atoms with Gasteiger partial charge in [0.05, 0.1) is 17.5 Å². The number of ketones is 3. The minimum Gasteiger partial charge on any atom is -0.507 e. The molecule has 4 N–H and O–H groups in total. The maximum Gasteiger partial charge on any atom is 0.228 e. The molecule has 3 aliphatic rings. The Balaban J connectivity index is 1.63. The van der Waals surface area contributed by atoms with Crippen molar-refractivity contribution in [3.05, 3.63) is 40.3 Å². The van der Waals surface area contributed by atoms with E-state index in [1.807, 2.05) is 19.1 Å². The number of aryl methyl sites for hydroxylation is 1. The number of fused-ring (bicyclic) bond motifs is 3. The lowest BCUT2D eigenvalue weighted by molar-refractivity contribution is -0.176. The number of benzene rings is 1. The molecule has 35 heavy (non-hydrogen) atoms. The standard InChI is InChI=1S/C26H28N2O6S/c1-11-4-7-18(35-11)13-5-6-17(29)20-14(13)8-12-9-16-21(28(2)3)22(30)15(25(27)33)10-26(16,34)24(32)19(12)23(20)31/h4-7,12,15-16,19,21,29,34H,8-10H2,1-3H3,(H2,27,33). The number of primary amides is 1. The fraction of sp³-hybridized carbons (Fsp3) is 0.462. The molecule has 6 unspecified atom stereocenters. The average molecular weight is 497 g/mol. The van der Waals surface area contributed by atoms with E-state index < -0.39 is 65.0 Å². The number of aliphatic hydroxyl groups is 1. The van der Waals surface area contributed by atoms with Crippen LogP contribution in [0.2, 0.25) is 0 Å². The summed E-state index contributed by atoms with van der Waals surface area (Å²) in [5.74, 6) is -6.36. The van der Waals surface area contributed by atoms with Gasteiger partial charge < -0.3 is 15.9 Å². The topological polar surface area (TPSA) is 138 Å². The number of nitrogens with two attached hydrogens (primary N) is 1. The van der Waals surface area contributed by atoms with Gasteiger partial charge in [-0.05, 0) is 75.2 Å². The maximum absolute atomic E-state index is 13.8. The normalized spacial score (nSPS) is 32.3. The summed E-state index contributed by atoms with van der Waals surface area (Å²) in [6.07, 6.45) is 0.202. The Hall–Kier alpha value is -2.88. The molecular formula is C26H28N2O6S. The Kier molecular flexibility index (Phi) is 5.50.